The van der Waals surface area contributed by atoms with Gasteiger partial charge in [0.25, 0.3) is 0 Å². The van der Waals surface area contributed by atoms with Gasteiger partial charge in [-0.1, -0.05) is 13.0 Å². The molecule has 0 radical (unpaired) electrons. The maximum Gasteiger partial charge on any atom is 0.309 e. The molecule has 1 atom stereocenters. The molecule has 2 rings (SSSR count). The quantitative estimate of drug-likeness (QED) is 0.852. The molecule has 4 nitrogen and oxygen atoms in total. The fraction of sp³-hybridized carbons (Fsp3) is 0.333. The van der Waals surface area contributed by atoms with Gasteiger partial charge in [-0.2, -0.15) is 0 Å². The molecule has 0 aliphatic rings. The van der Waals surface area contributed by atoms with Crippen molar-refractivity contribution in [3.8, 4) is 0 Å². The lowest BCUT2D eigenvalue weighted by molar-refractivity contribution is -0.136. The molecule has 2 heterocycles. The minimum absolute atomic E-state index is 0.0199. The molecule has 2 aromatic rings. The summed E-state index contributed by atoms with van der Waals surface area (Å²) in [5.74, 6) is -0.850. The summed E-state index contributed by atoms with van der Waals surface area (Å²) >= 11 is 3.16. The zero-order valence-electron chi connectivity index (χ0n) is 9.92. The van der Waals surface area contributed by atoms with Gasteiger partial charge < -0.3 is 10.4 Å². The molecule has 0 spiro atoms. The third kappa shape index (κ3) is 3.30. The Morgan fingerprint density at radius 2 is 2.39 bits per heavy atom. The van der Waals surface area contributed by atoms with E-state index >= 15 is 0 Å². The molecule has 0 saturated carbocycles. The summed E-state index contributed by atoms with van der Waals surface area (Å²) in [6.45, 7) is 2.11. The van der Waals surface area contributed by atoms with Crippen molar-refractivity contribution in [1.82, 2.24) is 4.98 Å². The summed E-state index contributed by atoms with van der Waals surface area (Å²) in [7, 11) is 0. The Hall–Kier alpha value is -1.40. The second-order valence-corrected chi connectivity index (χ2v) is 5.67. The highest BCUT2D eigenvalue weighted by Crippen LogP contribution is 2.27. The molecule has 0 fully saturated rings. The van der Waals surface area contributed by atoms with Crippen molar-refractivity contribution >= 4 is 33.8 Å². The van der Waals surface area contributed by atoms with Crippen LogP contribution in [0, 0.1) is 0 Å². The lowest BCUT2D eigenvalue weighted by Crippen LogP contribution is -2.08. The van der Waals surface area contributed by atoms with Gasteiger partial charge in [-0.3, -0.25) is 4.79 Å². The highest BCUT2D eigenvalue weighted by molar-refractivity contribution is 7.13. The highest BCUT2D eigenvalue weighted by atomic mass is 32.1. The average molecular weight is 282 g/mol. The van der Waals surface area contributed by atoms with Crippen LogP contribution in [0.4, 0.5) is 5.13 Å². The molecule has 0 amide bonds. The molecule has 96 valence electrons. The molecular formula is C12H14N2O2S2. The smallest absolute Gasteiger partial charge is 0.309 e. The van der Waals surface area contributed by atoms with E-state index in [2.05, 4.69) is 28.7 Å². The maximum atomic E-state index is 10.6. The number of carbonyl (C=O) groups is 1. The number of rotatable bonds is 6. The molecule has 1 unspecified atom stereocenters. The van der Waals surface area contributed by atoms with Crippen LogP contribution in [0.1, 0.15) is 30.0 Å². The van der Waals surface area contributed by atoms with E-state index in [1.807, 2.05) is 6.07 Å². The molecule has 0 aromatic carbocycles. The molecule has 0 bridgehead atoms. The van der Waals surface area contributed by atoms with Crippen LogP contribution in [-0.4, -0.2) is 16.1 Å². The molecule has 6 heteroatoms. The number of carboxylic acids is 1. The van der Waals surface area contributed by atoms with E-state index in [0.717, 1.165) is 11.6 Å². The van der Waals surface area contributed by atoms with Crippen molar-refractivity contribution in [2.45, 2.75) is 25.8 Å². The van der Waals surface area contributed by atoms with E-state index in [1.165, 1.54) is 16.2 Å². The van der Waals surface area contributed by atoms with E-state index in [0.29, 0.717) is 5.69 Å². The van der Waals surface area contributed by atoms with Crippen molar-refractivity contribution in [2.24, 2.45) is 0 Å². The number of aromatic nitrogens is 1. The third-order valence-corrected chi connectivity index (χ3v) is 4.28. The number of thiophene rings is 1. The molecule has 0 aliphatic carbocycles. The Morgan fingerprint density at radius 3 is 3.00 bits per heavy atom. The van der Waals surface area contributed by atoms with Crippen LogP contribution < -0.4 is 5.32 Å². The van der Waals surface area contributed by atoms with E-state index < -0.39 is 5.97 Å². The Kier molecular flexibility index (Phi) is 4.33. The molecule has 2 N–H and O–H groups in total. The maximum absolute atomic E-state index is 10.6. The first-order chi connectivity index (χ1) is 8.69. The summed E-state index contributed by atoms with van der Waals surface area (Å²) in [6, 6.07) is 4.37. The van der Waals surface area contributed by atoms with Gasteiger partial charge in [-0.05, 0) is 17.9 Å². The number of hydrogen-bond donors (Lipinski definition) is 2. The third-order valence-electron chi connectivity index (χ3n) is 2.48. The molecule has 2 aromatic heterocycles. The summed E-state index contributed by atoms with van der Waals surface area (Å²) in [6.07, 6.45) is 0.947. The lowest BCUT2D eigenvalue weighted by Gasteiger charge is -2.14. The molecule has 0 saturated heterocycles. The Labute approximate surface area is 113 Å². The van der Waals surface area contributed by atoms with Crippen LogP contribution in [0.15, 0.2) is 22.9 Å². The van der Waals surface area contributed by atoms with Gasteiger partial charge in [0, 0.05) is 10.3 Å². The Balaban J connectivity index is 2.04. The van der Waals surface area contributed by atoms with E-state index in [4.69, 9.17) is 5.11 Å². The van der Waals surface area contributed by atoms with Crippen LogP contribution in [-0.2, 0) is 11.2 Å². The Bertz CT molecular complexity index is 508. The van der Waals surface area contributed by atoms with Gasteiger partial charge in [0.15, 0.2) is 5.13 Å². The predicted octanol–water partition coefficient (Wildman–Crippen LogP) is 3.39. The summed E-state index contributed by atoms with van der Waals surface area (Å²) < 4.78 is 0. The van der Waals surface area contributed by atoms with Gasteiger partial charge in [0.1, 0.15) is 0 Å². The summed E-state index contributed by atoms with van der Waals surface area (Å²) in [5, 5.41) is 16.7. The molecule has 0 aliphatic heterocycles. The van der Waals surface area contributed by atoms with Crippen LogP contribution in [0.25, 0.3) is 0 Å². The number of hydrogen-bond acceptors (Lipinski definition) is 5. The zero-order valence-corrected chi connectivity index (χ0v) is 11.6. The van der Waals surface area contributed by atoms with Gasteiger partial charge in [-0.15, -0.1) is 22.7 Å². The number of carboxylic acid groups (broad SMARTS) is 1. The van der Waals surface area contributed by atoms with Crippen molar-refractivity contribution < 1.29 is 9.90 Å². The SMILES string of the molecule is CCC(Nc1nc(CC(=O)O)cs1)c1cccs1. The first-order valence-electron chi connectivity index (χ1n) is 5.65. The number of thiazole rings is 1. The zero-order chi connectivity index (χ0) is 13.0. The van der Waals surface area contributed by atoms with E-state index in [1.54, 1.807) is 16.7 Å². The second-order valence-electron chi connectivity index (χ2n) is 3.84. The normalized spacial score (nSPS) is 12.3. The fourth-order valence-corrected chi connectivity index (χ4v) is 3.25. The number of anilines is 1. The first kappa shape index (κ1) is 13.0. The highest BCUT2D eigenvalue weighted by Gasteiger charge is 2.13. The van der Waals surface area contributed by atoms with Crippen molar-refractivity contribution in [3.05, 3.63) is 33.5 Å². The minimum Gasteiger partial charge on any atom is -0.481 e. The van der Waals surface area contributed by atoms with Crippen molar-refractivity contribution in [2.75, 3.05) is 5.32 Å². The van der Waals surface area contributed by atoms with Crippen molar-refractivity contribution in [1.29, 1.82) is 0 Å². The number of nitrogens with zero attached hydrogens (tertiary/aromatic N) is 1. The molecular weight excluding hydrogens is 268 g/mol. The van der Waals surface area contributed by atoms with E-state index in [-0.39, 0.29) is 12.5 Å². The first-order valence-corrected chi connectivity index (χ1v) is 7.41. The van der Waals surface area contributed by atoms with Gasteiger partial charge >= 0.3 is 5.97 Å². The monoisotopic (exact) mass is 282 g/mol. The van der Waals surface area contributed by atoms with Crippen LogP contribution in [0.5, 0.6) is 0 Å². The lowest BCUT2D eigenvalue weighted by atomic mass is 10.2. The Morgan fingerprint density at radius 1 is 1.56 bits per heavy atom. The number of nitrogens with one attached hydrogen (secondary N) is 1. The van der Waals surface area contributed by atoms with Crippen molar-refractivity contribution in [3.63, 3.8) is 0 Å². The van der Waals surface area contributed by atoms with Gasteiger partial charge in [-0.25, -0.2) is 4.98 Å². The van der Waals surface area contributed by atoms with Crippen LogP contribution in [0.3, 0.4) is 0 Å². The summed E-state index contributed by atoms with van der Waals surface area (Å²) in [5.41, 5.74) is 0.607. The van der Waals surface area contributed by atoms with Gasteiger partial charge in [0.2, 0.25) is 0 Å². The largest absolute Gasteiger partial charge is 0.481 e. The van der Waals surface area contributed by atoms with E-state index in [9.17, 15) is 4.79 Å². The predicted molar refractivity (Wildman–Crippen MR) is 74.4 cm³/mol. The minimum atomic E-state index is -0.850. The molecule has 18 heavy (non-hydrogen) atoms. The van der Waals surface area contributed by atoms with Gasteiger partial charge in [0.05, 0.1) is 18.2 Å². The number of aliphatic carboxylic acids is 1. The standard InChI is InChI=1S/C12H14N2O2S2/c1-2-9(10-4-3-5-17-10)14-12-13-8(7-18-12)6-11(15)16/h3-5,7,9H,2,6H2,1H3,(H,13,14)(H,15,16). The second kappa shape index (κ2) is 5.97. The fourth-order valence-electron chi connectivity index (χ4n) is 1.62. The topological polar surface area (TPSA) is 62.2 Å². The van der Waals surface area contributed by atoms with Crippen LogP contribution >= 0.6 is 22.7 Å². The summed E-state index contributed by atoms with van der Waals surface area (Å²) in [4.78, 5) is 16.1. The van der Waals surface area contributed by atoms with Crippen LogP contribution in [0.2, 0.25) is 0 Å². The average Bonchev–Trinajstić information content (AvgIpc) is 2.96.